The number of rotatable bonds is 6. The van der Waals surface area contributed by atoms with Crippen LogP contribution < -0.4 is 17.2 Å². The maximum absolute atomic E-state index is 13.5. The Morgan fingerprint density at radius 3 is 1.95 bits per heavy atom. The number of fused-ring (bicyclic) bond motifs is 2. The molecule has 0 radical (unpaired) electrons. The van der Waals surface area contributed by atoms with E-state index in [2.05, 4.69) is 10.2 Å². The molecular formula is C28H26FN5O3. The Labute approximate surface area is 212 Å². The van der Waals surface area contributed by atoms with Crippen molar-refractivity contribution in [1.82, 2.24) is 10.2 Å². The van der Waals surface area contributed by atoms with Crippen LogP contribution in [0, 0.1) is 5.82 Å². The molecular weight excluding hydrogens is 473 g/mol. The van der Waals surface area contributed by atoms with Crippen LogP contribution in [0.5, 0.6) is 0 Å². The van der Waals surface area contributed by atoms with Gasteiger partial charge >= 0.3 is 0 Å². The minimum Gasteiger partial charge on any atom is -0.419 e. The van der Waals surface area contributed by atoms with Gasteiger partial charge in [0.05, 0.1) is 0 Å². The molecule has 1 atom stereocenters. The number of nitrogens with two attached hydrogens (primary N) is 3. The van der Waals surface area contributed by atoms with Gasteiger partial charge in [0.1, 0.15) is 11.2 Å². The molecule has 6 N–H and O–H groups in total. The molecule has 1 heterocycles. The number of amides is 2. The predicted octanol–water partition coefficient (Wildman–Crippen LogP) is 3.24. The Morgan fingerprint density at radius 1 is 0.919 bits per heavy atom. The molecule has 0 saturated heterocycles. The van der Waals surface area contributed by atoms with E-state index in [0.717, 1.165) is 22.3 Å². The van der Waals surface area contributed by atoms with E-state index in [0.29, 0.717) is 41.8 Å². The number of nitrogens with zero attached hydrogens (tertiary/aromatic N) is 2. The summed E-state index contributed by atoms with van der Waals surface area (Å²) in [5.41, 5.74) is 21.4. The van der Waals surface area contributed by atoms with Gasteiger partial charge in [-0.05, 0) is 97.0 Å². The first-order chi connectivity index (χ1) is 17.7. The third kappa shape index (κ3) is 4.27. The van der Waals surface area contributed by atoms with E-state index in [1.165, 1.54) is 12.1 Å². The van der Waals surface area contributed by atoms with Crippen LogP contribution in [0.2, 0.25) is 0 Å². The summed E-state index contributed by atoms with van der Waals surface area (Å²) in [6, 6.07) is 16.1. The Hall–Kier alpha value is -4.37. The maximum atomic E-state index is 13.5. The summed E-state index contributed by atoms with van der Waals surface area (Å²) >= 11 is 0. The standard InChI is InChI=1S/C28H26FN5O3/c1-15(30)14-28(27-34-33-26(37-27)16-4-8-21(29)9-5-16)22-10-6-19(24(31)35)12-17(22)2-3-18-13-20(25(32)36)7-11-23(18)28/h4-13,15H,2-3,14,30H2,1H3,(H2,31,35)(H2,32,36)/t15-/m0/s1. The van der Waals surface area contributed by atoms with Gasteiger partial charge in [0.25, 0.3) is 0 Å². The third-order valence-corrected chi connectivity index (χ3v) is 6.87. The van der Waals surface area contributed by atoms with Gasteiger partial charge in [-0.2, -0.15) is 0 Å². The van der Waals surface area contributed by atoms with Crippen LogP contribution in [0.1, 0.15) is 62.2 Å². The molecule has 5 rings (SSSR count). The molecule has 1 aromatic heterocycles. The van der Waals surface area contributed by atoms with Gasteiger partial charge < -0.3 is 21.6 Å². The van der Waals surface area contributed by atoms with Crippen LogP contribution in [-0.4, -0.2) is 28.1 Å². The number of carbonyl (C=O) groups is 2. The molecule has 8 nitrogen and oxygen atoms in total. The molecule has 1 aliphatic carbocycles. The summed E-state index contributed by atoms with van der Waals surface area (Å²) in [7, 11) is 0. The fraction of sp³-hybridized carbons (Fsp3) is 0.214. The first kappa shape index (κ1) is 24.3. The summed E-state index contributed by atoms with van der Waals surface area (Å²) in [5.74, 6) is -0.912. The Balaban J connectivity index is 1.81. The summed E-state index contributed by atoms with van der Waals surface area (Å²) in [4.78, 5) is 24.0. The second-order valence-electron chi connectivity index (χ2n) is 9.48. The van der Waals surface area contributed by atoms with E-state index in [1.54, 1.807) is 36.4 Å². The number of halogens is 1. The zero-order valence-electron chi connectivity index (χ0n) is 20.2. The van der Waals surface area contributed by atoms with Crippen molar-refractivity contribution >= 4 is 11.8 Å². The van der Waals surface area contributed by atoms with Crippen molar-refractivity contribution in [2.75, 3.05) is 0 Å². The number of primary amides is 2. The molecule has 1 aliphatic rings. The lowest BCUT2D eigenvalue weighted by atomic mass is 9.68. The highest BCUT2D eigenvalue weighted by molar-refractivity contribution is 5.94. The predicted molar refractivity (Wildman–Crippen MR) is 135 cm³/mol. The molecule has 0 saturated carbocycles. The Morgan fingerprint density at radius 2 is 1.46 bits per heavy atom. The van der Waals surface area contributed by atoms with Crippen LogP contribution in [0.4, 0.5) is 4.39 Å². The van der Waals surface area contributed by atoms with Gasteiger partial charge in [-0.15, -0.1) is 10.2 Å². The van der Waals surface area contributed by atoms with Crippen molar-refractivity contribution < 1.29 is 18.4 Å². The SMILES string of the molecule is C[C@H](N)CC1(c2nnc(-c3ccc(F)cc3)o2)c2ccc(C(N)=O)cc2CCc2cc(C(N)=O)ccc21. The highest BCUT2D eigenvalue weighted by atomic mass is 19.1. The first-order valence-corrected chi connectivity index (χ1v) is 11.9. The molecule has 0 fully saturated rings. The van der Waals surface area contributed by atoms with Crippen LogP contribution in [0.15, 0.2) is 65.1 Å². The summed E-state index contributed by atoms with van der Waals surface area (Å²) in [5, 5.41) is 8.75. The molecule has 3 aromatic carbocycles. The van der Waals surface area contributed by atoms with Gasteiger partial charge in [-0.3, -0.25) is 9.59 Å². The molecule has 0 unspecified atom stereocenters. The van der Waals surface area contributed by atoms with Gasteiger partial charge in [0.15, 0.2) is 0 Å². The second-order valence-corrected chi connectivity index (χ2v) is 9.48. The smallest absolute Gasteiger partial charge is 0.248 e. The molecule has 4 aromatic rings. The van der Waals surface area contributed by atoms with Crippen molar-refractivity contribution in [2.45, 2.75) is 37.6 Å². The topological polar surface area (TPSA) is 151 Å². The van der Waals surface area contributed by atoms with E-state index in [9.17, 15) is 14.0 Å². The second kappa shape index (κ2) is 9.25. The first-order valence-electron chi connectivity index (χ1n) is 11.9. The lowest BCUT2D eigenvalue weighted by molar-refractivity contribution is 0.0991. The van der Waals surface area contributed by atoms with E-state index in [-0.39, 0.29) is 17.7 Å². The maximum Gasteiger partial charge on any atom is 0.248 e. The van der Waals surface area contributed by atoms with E-state index in [4.69, 9.17) is 21.6 Å². The molecule has 2 amide bonds. The Bertz CT molecular complexity index is 1450. The van der Waals surface area contributed by atoms with E-state index in [1.807, 2.05) is 19.1 Å². The minimum atomic E-state index is -0.993. The van der Waals surface area contributed by atoms with Gasteiger partial charge in [-0.25, -0.2) is 4.39 Å². The molecule has 188 valence electrons. The zero-order valence-corrected chi connectivity index (χ0v) is 20.2. The largest absolute Gasteiger partial charge is 0.419 e. The lowest BCUT2D eigenvalue weighted by Gasteiger charge is -2.35. The number of aromatic nitrogens is 2. The van der Waals surface area contributed by atoms with Crippen LogP contribution in [0.25, 0.3) is 11.5 Å². The highest BCUT2D eigenvalue weighted by Gasteiger charge is 2.46. The summed E-state index contributed by atoms with van der Waals surface area (Å²) < 4.78 is 19.8. The lowest BCUT2D eigenvalue weighted by Crippen LogP contribution is -2.37. The molecule has 0 spiro atoms. The fourth-order valence-corrected chi connectivity index (χ4v) is 5.28. The number of hydrogen-bond acceptors (Lipinski definition) is 6. The van der Waals surface area contributed by atoms with Crippen molar-refractivity contribution in [2.24, 2.45) is 17.2 Å². The van der Waals surface area contributed by atoms with Gasteiger partial charge in [0, 0.05) is 22.7 Å². The van der Waals surface area contributed by atoms with Crippen LogP contribution >= 0.6 is 0 Å². The van der Waals surface area contributed by atoms with Gasteiger partial charge in [-0.1, -0.05) is 12.1 Å². The van der Waals surface area contributed by atoms with Crippen LogP contribution in [0.3, 0.4) is 0 Å². The number of aryl methyl sites for hydroxylation is 2. The fourth-order valence-electron chi connectivity index (χ4n) is 5.28. The number of hydrogen-bond donors (Lipinski definition) is 3. The van der Waals surface area contributed by atoms with Crippen molar-refractivity contribution in [3.8, 4) is 11.5 Å². The average Bonchev–Trinajstić information content (AvgIpc) is 3.32. The minimum absolute atomic E-state index is 0.230. The normalized spacial score (nSPS) is 14.8. The highest BCUT2D eigenvalue weighted by Crippen LogP contribution is 2.48. The molecule has 9 heteroatoms. The van der Waals surface area contributed by atoms with E-state index >= 15 is 0 Å². The van der Waals surface area contributed by atoms with Crippen LogP contribution in [-0.2, 0) is 18.3 Å². The van der Waals surface area contributed by atoms with Gasteiger partial charge in [0.2, 0.25) is 23.6 Å². The van der Waals surface area contributed by atoms with Crippen molar-refractivity contribution in [3.05, 3.63) is 106 Å². The van der Waals surface area contributed by atoms with Crippen molar-refractivity contribution in [1.29, 1.82) is 0 Å². The number of benzene rings is 3. The molecule has 0 bridgehead atoms. The Kier molecular flexibility index (Phi) is 6.08. The zero-order chi connectivity index (χ0) is 26.3. The molecule has 0 aliphatic heterocycles. The monoisotopic (exact) mass is 499 g/mol. The van der Waals surface area contributed by atoms with Crippen molar-refractivity contribution in [3.63, 3.8) is 0 Å². The average molecular weight is 500 g/mol. The number of carbonyl (C=O) groups excluding carboxylic acids is 2. The third-order valence-electron chi connectivity index (χ3n) is 6.87. The van der Waals surface area contributed by atoms with E-state index < -0.39 is 17.2 Å². The molecule has 37 heavy (non-hydrogen) atoms. The quantitative estimate of drug-likeness (QED) is 0.370. The summed E-state index contributed by atoms with van der Waals surface area (Å²) in [6.45, 7) is 1.89. The summed E-state index contributed by atoms with van der Waals surface area (Å²) in [6.07, 6.45) is 1.54.